The van der Waals surface area contributed by atoms with Crippen LogP contribution >= 0.6 is 0 Å². The van der Waals surface area contributed by atoms with Crippen LogP contribution in [0, 0.1) is 10.1 Å². The third-order valence-electron chi connectivity index (χ3n) is 3.09. The van der Waals surface area contributed by atoms with Gasteiger partial charge in [0.05, 0.1) is 0 Å². The highest BCUT2D eigenvalue weighted by Crippen LogP contribution is 2.31. The van der Waals surface area contributed by atoms with Gasteiger partial charge in [-0.05, 0) is 12.1 Å². The molecule has 3 rings (SSSR count). The summed E-state index contributed by atoms with van der Waals surface area (Å²) < 4.78 is 11.3. The molecule has 9 nitrogen and oxygen atoms in total. The van der Waals surface area contributed by atoms with Gasteiger partial charge in [-0.25, -0.2) is 15.1 Å². The summed E-state index contributed by atoms with van der Waals surface area (Å²) in [6.45, 7) is 0.311. The van der Waals surface area contributed by atoms with Crippen LogP contribution in [0.1, 0.15) is 5.56 Å². The highest BCUT2D eigenvalue weighted by molar-refractivity contribution is 5.40. The van der Waals surface area contributed by atoms with E-state index < -0.39 is 10.6 Å². The molecule has 9 heteroatoms. The van der Waals surface area contributed by atoms with Crippen molar-refractivity contribution in [2.75, 3.05) is 12.0 Å². The highest BCUT2D eigenvalue weighted by atomic mass is 16.7. The number of hydrogen-bond acceptors (Lipinski definition) is 6. The first-order valence-corrected chi connectivity index (χ1v) is 6.49. The summed E-state index contributed by atoms with van der Waals surface area (Å²) in [5.41, 5.74) is 1.70. The number of H-pyrrole nitrogens is 1. The fraction of sp³-hybridized carbons (Fsp3) is 0.231. The van der Waals surface area contributed by atoms with Crippen LogP contribution in [0.25, 0.3) is 0 Å². The summed E-state index contributed by atoms with van der Waals surface area (Å²) in [4.78, 5) is 28.3. The molecule has 1 atom stereocenters. The topological polar surface area (TPSA) is 119 Å². The van der Waals surface area contributed by atoms with Gasteiger partial charge in [0, 0.05) is 18.2 Å². The zero-order chi connectivity index (χ0) is 15.5. The third-order valence-corrected chi connectivity index (χ3v) is 3.09. The Morgan fingerprint density at radius 1 is 1.41 bits per heavy atom. The average molecular weight is 304 g/mol. The van der Waals surface area contributed by atoms with Crippen LogP contribution < -0.4 is 20.5 Å². The molecular weight excluding hydrogens is 292 g/mol. The van der Waals surface area contributed by atoms with Crippen molar-refractivity contribution in [1.82, 2.24) is 9.97 Å². The molecule has 2 heterocycles. The molecule has 0 saturated carbocycles. The Balaban J connectivity index is 1.72. The molecule has 0 bridgehead atoms. The minimum Gasteiger partial charge on any atom is -0.486 e. The lowest BCUT2D eigenvalue weighted by molar-refractivity contribution is -0.446. The van der Waals surface area contributed by atoms with Gasteiger partial charge in [-0.1, -0.05) is 17.6 Å². The quantitative estimate of drug-likeness (QED) is 0.632. The Morgan fingerprint density at radius 3 is 2.91 bits per heavy atom. The van der Waals surface area contributed by atoms with E-state index in [1.807, 2.05) is 12.1 Å². The van der Waals surface area contributed by atoms with Crippen molar-refractivity contribution in [2.45, 2.75) is 12.5 Å². The first-order chi connectivity index (χ1) is 10.6. The summed E-state index contributed by atoms with van der Waals surface area (Å²) >= 11 is 0. The third kappa shape index (κ3) is 2.97. The number of hydrogen-bond donors (Lipinski definition) is 2. The van der Waals surface area contributed by atoms with Crippen LogP contribution in [0.3, 0.4) is 0 Å². The number of benzene rings is 1. The zero-order valence-electron chi connectivity index (χ0n) is 11.3. The normalized spacial score (nSPS) is 16.1. The van der Waals surface area contributed by atoms with E-state index in [1.165, 1.54) is 6.20 Å². The van der Waals surface area contributed by atoms with Crippen molar-refractivity contribution >= 4 is 5.95 Å². The molecule has 22 heavy (non-hydrogen) atoms. The molecule has 0 fully saturated rings. The van der Waals surface area contributed by atoms with E-state index in [1.54, 1.807) is 17.6 Å². The maximum atomic E-state index is 11.9. The van der Waals surface area contributed by atoms with E-state index in [2.05, 4.69) is 9.97 Å². The fourth-order valence-corrected chi connectivity index (χ4v) is 2.12. The number of hydrazine groups is 1. The molecule has 1 unspecified atom stereocenters. The largest absolute Gasteiger partial charge is 0.486 e. The van der Waals surface area contributed by atoms with Crippen LogP contribution in [-0.4, -0.2) is 27.7 Å². The maximum Gasteiger partial charge on any atom is 0.265 e. The van der Waals surface area contributed by atoms with Crippen molar-refractivity contribution in [3.05, 3.63) is 56.5 Å². The second-order valence-electron chi connectivity index (χ2n) is 4.66. The summed E-state index contributed by atoms with van der Waals surface area (Å²) in [7, 11) is 0. The van der Waals surface area contributed by atoms with Crippen molar-refractivity contribution in [2.24, 2.45) is 0 Å². The van der Waals surface area contributed by atoms with E-state index in [4.69, 9.17) is 9.47 Å². The number of aromatic amines is 1. The van der Waals surface area contributed by atoms with Crippen molar-refractivity contribution in [3.8, 4) is 11.5 Å². The van der Waals surface area contributed by atoms with Gasteiger partial charge in [-0.15, -0.1) is 0 Å². The molecule has 0 radical (unpaired) electrons. The molecule has 1 aliphatic heterocycles. The number of anilines is 1. The smallest absolute Gasteiger partial charge is 0.265 e. The standard InChI is InChI=1S/C13H12N4O5/c18-12-8(6-14-13(15-12)16-17(19)20)5-9-7-21-10-3-1-2-4-11(10)22-9/h1-4,6,9H,5,7H2,(H2,14,15,16,18). The first kappa shape index (κ1) is 13.9. The van der Waals surface area contributed by atoms with Gasteiger partial charge in [0.25, 0.3) is 11.5 Å². The molecule has 0 spiro atoms. The van der Waals surface area contributed by atoms with E-state index >= 15 is 0 Å². The van der Waals surface area contributed by atoms with Gasteiger partial charge >= 0.3 is 0 Å². The zero-order valence-corrected chi connectivity index (χ0v) is 11.3. The lowest BCUT2D eigenvalue weighted by Crippen LogP contribution is -2.33. The number of rotatable bonds is 4. The summed E-state index contributed by atoms with van der Waals surface area (Å²) in [5, 5.41) is 9.50. The monoisotopic (exact) mass is 304 g/mol. The lowest BCUT2D eigenvalue weighted by Gasteiger charge is -2.26. The maximum absolute atomic E-state index is 11.9. The van der Waals surface area contributed by atoms with Crippen LogP contribution in [0.15, 0.2) is 35.3 Å². The molecule has 1 aromatic heterocycles. The number of fused-ring (bicyclic) bond motifs is 1. The molecule has 1 aliphatic rings. The van der Waals surface area contributed by atoms with Gasteiger partial charge in [0.2, 0.25) is 0 Å². The number of aromatic nitrogens is 2. The summed E-state index contributed by atoms with van der Waals surface area (Å²) in [5.74, 6) is 1.07. The highest BCUT2D eigenvalue weighted by Gasteiger charge is 2.22. The second kappa shape index (κ2) is 5.72. The van der Waals surface area contributed by atoms with Crippen LogP contribution in [0.5, 0.6) is 11.5 Å². The van der Waals surface area contributed by atoms with Crippen molar-refractivity contribution < 1.29 is 14.5 Å². The predicted octanol–water partition coefficient (Wildman–Crippen LogP) is 0.756. The molecule has 2 aromatic rings. The summed E-state index contributed by atoms with van der Waals surface area (Å²) in [6.07, 6.45) is 1.25. The number of nitrogens with one attached hydrogen (secondary N) is 2. The molecule has 0 saturated heterocycles. The van der Waals surface area contributed by atoms with E-state index in [0.717, 1.165) is 0 Å². The molecule has 0 aliphatic carbocycles. The number of ether oxygens (including phenoxy) is 2. The molecule has 2 N–H and O–H groups in total. The summed E-state index contributed by atoms with van der Waals surface area (Å²) in [6, 6.07) is 7.27. The van der Waals surface area contributed by atoms with E-state index in [9.17, 15) is 14.9 Å². The van der Waals surface area contributed by atoms with Gasteiger partial charge in [0.15, 0.2) is 16.5 Å². The molecule has 1 aromatic carbocycles. The minimum atomic E-state index is -0.799. The Morgan fingerprint density at radius 2 is 2.18 bits per heavy atom. The van der Waals surface area contributed by atoms with Gasteiger partial charge in [-0.3, -0.25) is 9.78 Å². The SMILES string of the molecule is O=c1[nH]c(N[N+](=O)[O-])ncc1CC1COc2ccccc2O1. The average Bonchev–Trinajstić information content (AvgIpc) is 2.49. The first-order valence-electron chi connectivity index (χ1n) is 6.49. The second-order valence-corrected chi connectivity index (χ2v) is 4.66. The Hall–Kier alpha value is -3.10. The Kier molecular flexibility index (Phi) is 3.60. The number of para-hydroxylation sites is 2. The van der Waals surface area contributed by atoms with Gasteiger partial charge in [0.1, 0.15) is 12.7 Å². The van der Waals surface area contributed by atoms with Crippen LogP contribution in [-0.2, 0) is 6.42 Å². The fourth-order valence-electron chi connectivity index (χ4n) is 2.12. The molecule has 114 valence electrons. The molecular formula is C13H12N4O5. The molecule has 0 amide bonds. The van der Waals surface area contributed by atoms with Crippen molar-refractivity contribution in [1.29, 1.82) is 0 Å². The van der Waals surface area contributed by atoms with E-state index in [0.29, 0.717) is 23.7 Å². The number of nitro groups is 1. The lowest BCUT2D eigenvalue weighted by atomic mass is 10.1. The van der Waals surface area contributed by atoms with Gasteiger partial charge < -0.3 is 9.47 Å². The number of nitrogens with zero attached hydrogens (tertiary/aromatic N) is 2. The van der Waals surface area contributed by atoms with Gasteiger partial charge in [-0.2, -0.15) is 0 Å². The van der Waals surface area contributed by atoms with Crippen LogP contribution in [0.4, 0.5) is 5.95 Å². The Bertz CT molecular complexity index is 760. The van der Waals surface area contributed by atoms with Crippen molar-refractivity contribution in [3.63, 3.8) is 0 Å². The minimum absolute atomic E-state index is 0.218. The van der Waals surface area contributed by atoms with Crippen LogP contribution in [0.2, 0.25) is 0 Å². The predicted molar refractivity (Wildman–Crippen MR) is 75.5 cm³/mol. The van der Waals surface area contributed by atoms with E-state index in [-0.39, 0.29) is 18.5 Å². The Labute approximate surface area is 124 Å².